The van der Waals surface area contributed by atoms with Gasteiger partial charge in [0.05, 0.1) is 17.8 Å². The van der Waals surface area contributed by atoms with Gasteiger partial charge in [-0.1, -0.05) is 80.6 Å². The van der Waals surface area contributed by atoms with Crippen LogP contribution in [0.3, 0.4) is 0 Å². The zero-order chi connectivity index (χ0) is 20.6. The summed E-state index contributed by atoms with van der Waals surface area (Å²) in [6.45, 7) is 4.56. The van der Waals surface area contributed by atoms with E-state index in [0.717, 1.165) is 28.5 Å². The van der Waals surface area contributed by atoms with Gasteiger partial charge in [-0.2, -0.15) is 18.3 Å². The molecule has 4 aromatic rings. The number of hydrogen-bond donors (Lipinski definition) is 0. The van der Waals surface area contributed by atoms with E-state index in [1.165, 1.54) is 6.07 Å². The van der Waals surface area contributed by atoms with E-state index in [2.05, 4.69) is 18.9 Å². The number of fused-ring (bicyclic) bond motifs is 1. The van der Waals surface area contributed by atoms with Crippen LogP contribution in [0.5, 0.6) is 0 Å². The summed E-state index contributed by atoms with van der Waals surface area (Å²) in [4.78, 5) is 0. The van der Waals surface area contributed by atoms with Crippen molar-refractivity contribution in [2.45, 2.75) is 32.5 Å². The van der Waals surface area contributed by atoms with Crippen LogP contribution >= 0.6 is 0 Å². The lowest BCUT2D eigenvalue weighted by molar-refractivity contribution is -0.136. The van der Waals surface area contributed by atoms with Gasteiger partial charge in [0.15, 0.2) is 0 Å². The molecule has 0 unspecified atom stereocenters. The van der Waals surface area contributed by atoms with Gasteiger partial charge in [-0.05, 0) is 23.1 Å². The van der Waals surface area contributed by atoms with E-state index < -0.39 is 11.7 Å². The molecule has 1 aromatic heterocycles. The monoisotopic (exact) mass is 394 g/mol. The molecule has 0 amide bonds. The summed E-state index contributed by atoms with van der Waals surface area (Å²) < 4.78 is 42.6. The fraction of sp³-hybridized carbons (Fsp3) is 0.208. The summed E-state index contributed by atoms with van der Waals surface area (Å²) in [7, 11) is 0. The molecule has 0 bridgehead atoms. The fourth-order valence-corrected chi connectivity index (χ4v) is 3.75. The first-order valence-electron chi connectivity index (χ1n) is 9.56. The van der Waals surface area contributed by atoms with Gasteiger partial charge in [-0.3, -0.25) is 4.68 Å². The van der Waals surface area contributed by atoms with Gasteiger partial charge < -0.3 is 0 Å². The third kappa shape index (κ3) is 3.65. The molecule has 0 saturated carbocycles. The Bertz CT molecular complexity index is 1140. The number of hydrogen-bond acceptors (Lipinski definition) is 1. The van der Waals surface area contributed by atoms with Crippen LogP contribution in [-0.2, 0) is 12.7 Å². The van der Waals surface area contributed by atoms with Crippen LogP contribution in [-0.4, -0.2) is 9.78 Å². The molecule has 0 spiro atoms. The van der Waals surface area contributed by atoms with Gasteiger partial charge in [-0.15, -0.1) is 0 Å². The number of nitrogens with zero attached hydrogens (tertiary/aromatic N) is 2. The van der Waals surface area contributed by atoms with Crippen LogP contribution in [0.25, 0.3) is 22.2 Å². The average molecular weight is 394 g/mol. The molecule has 5 heteroatoms. The molecule has 29 heavy (non-hydrogen) atoms. The molecule has 0 radical (unpaired) electrons. The van der Waals surface area contributed by atoms with E-state index >= 15 is 0 Å². The van der Waals surface area contributed by atoms with Crippen LogP contribution in [0.15, 0.2) is 72.8 Å². The van der Waals surface area contributed by atoms with Crippen molar-refractivity contribution in [1.82, 2.24) is 9.78 Å². The molecular weight excluding hydrogens is 373 g/mol. The van der Waals surface area contributed by atoms with Gasteiger partial charge in [0.25, 0.3) is 0 Å². The second-order valence-corrected chi connectivity index (χ2v) is 7.43. The highest BCUT2D eigenvalue weighted by molar-refractivity contribution is 5.96. The van der Waals surface area contributed by atoms with Gasteiger partial charge in [0.2, 0.25) is 0 Å². The second-order valence-electron chi connectivity index (χ2n) is 7.43. The predicted molar refractivity (Wildman–Crippen MR) is 110 cm³/mol. The summed E-state index contributed by atoms with van der Waals surface area (Å²) in [5.74, 6) is 0.229. The minimum Gasteiger partial charge on any atom is -0.259 e. The topological polar surface area (TPSA) is 17.8 Å². The number of benzene rings is 3. The molecule has 1 heterocycles. The summed E-state index contributed by atoms with van der Waals surface area (Å²) >= 11 is 0. The van der Waals surface area contributed by atoms with Gasteiger partial charge in [0, 0.05) is 10.9 Å². The van der Waals surface area contributed by atoms with Gasteiger partial charge in [-0.25, -0.2) is 0 Å². The molecule has 0 aliphatic rings. The van der Waals surface area contributed by atoms with E-state index in [-0.39, 0.29) is 11.4 Å². The molecular formula is C24H21F3N2. The molecule has 148 valence electrons. The Kier molecular flexibility index (Phi) is 4.91. The standard InChI is InChI=1S/C24H21F3N2/c1-16(2)18-11-6-7-12-19(18)23-20-13-8-14-21(24(25,26)27)22(20)28-29(23)15-17-9-4-3-5-10-17/h3-14,16H,15H2,1-2H3. The van der Waals surface area contributed by atoms with Crippen molar-refractivity contribution in [3.63, 3.8) is 0 Å². The highest BCUT2D eigenvalue weighted by Gasteiger charge is 2.34. The SMILES string of the molecule is CC(C)c1ccccc1-c1c2cccc(C(F)(F)F)c2nn1Cc1ccccc1. The summed E-state index contributed by atoms with van der Waals surface area (Å²) in [5, 5.41) is 4.97. The Labute approximate surface area is 167 Å². The number of alkyl halides is 3. The number of aromatic nitrogens is 2. The second kappa shape index (κ2) is 7.39. The zero-order valence-corrected chi connectivity index (χ0v) is 16.2. The lowest BCUT2D eigenvalue weighted by Gasteiger charge is -2.15. The molecule has 3 aromatic carbocycles. The molecule has 0 aliphatic heterocycles. The first kappa shape index (κ1) is 19.2. The molecule has 0 fully saturated rings. The maximum absolute atomic E-state index is 13.6. The van der Waals surface area contributed by atoms with Crippen LogP contribution in [0, 0.1) is 0 Å². The number of rotatable bonds is 4. The van der Waals surface area contributed by atoms with Crippen molar-refractivity contribution < 1.29 is 13.2 Å². The number of halogens is 3. The Balaban J connectivity index is 2.02. The Hall–Kier alpha value is -3.08. The van der Waals surface area contributed by atoms with Crippen molar-refractivity contribution in [3.8, 4) is 11.3 Å². The van der Waals surface area contributed by atoms with Crippen molar-refractivity contribution in [2.75, 3.05) is 0 Å². The van der Waals surface area contributed by atoms with Gasteiger partial charge in [0.1, 0.15) is 5.52 Å². The molecule has 0 aliphatic carbocycles. The highest BCUT2D eigenvalue weighted by atomic mass is 19.4. The van der Waals surface area contributed by atoms with Crippen LogP contribution < -0.4 is 0 Å². The molecule has 0 saturated heterocycles. The zero-order valence-electron chi connectivity index (χ0n) is 16.2. The minimum absolute atomic E-state index is 0.00973. The van der Waals surface area contributed by atoms with Crippen molar-refractivity contribution in [3.05, 3.63) is 89.5 Å². The lowest BCUT2D eigenvalue weighted by Crippen LogP contribution is -2.07. The molecule has 0 N–H and O–H groups in total. The summed E-state index contributed by atoms with van der Waals surface area (Å²) in [5.41, 5.74) is 2.99. The minimum atomic E-state index is -4.46. The first-order valence-corrected chi connectivity index (χ1v) is 9.56. The normalized spacial score (nSPS) is 12.1. The first-order chi connectivity index (χ1) is 13.9. The Morgan fingerprint density at radius 3 is 2.24 bits per heavy atom. The fourth-order valence-electron chi connectivity index (χ4n) is 3.75. The largest absolute Gasteiger partial charge is 0.418 e. The summed E-state index contributed by atoms with van der Waals surface area (Å²) in [6.07, 6.45) is -4.46. The third-order valence-corrected chi connectivity index (χ3v) is 5.09. The van der Waals surface area contributed by atoms with E-state index in [1.807, 2.05) is 54.6 Å². The van der Waals surface area contributed by atoms with E-state index in [4.69, 9.17) is 0 Å². The van der Waals surface area contributed by atoms with Crippen LogP contribution in [0.4, 0.5) is 13.2 Å². The molecule has 2 nitrogen and oxygen atoms in total. The molecule has 4 rings (SSSR count). The summed E-state index contributed by atoms with van der Waals surface area (Å²) in [6, 6.07) is 21.8. The highest BCUT2D eigenvalue weighted by Crippen LogP contribution is 2.39. The van der Waals surface area contributed by atoms with E-state index in [9.17, 15) is 13.2 Å². The Morgan fingerprint density at radius 1 is 0.862 bits per heavy atom. The van der Waals surface area contributed by atoms with E-state index in [0.29, 0.717) is 11.9 Å². The maximum atomic E-state index is 13.6. The lowest BCUT2D eigenvalue weighted by atomic mass is 9.93. The average Bonchev–Trinajstić information content (AvgIpc) is 3.05. The smallest absolute Gasteiger partial charge is 0.259 e. The quantitative estimate of drug-likeness (QED) is 0.368. The van der Waals surface area contributed by atoms with E-state index in [1.54, 1.807) is 10.7 Å². The van der Waals surface area contributed by atoms with Crippen molar-refractivity contribution in [1.29, 1.82) is 0 Å². The molecule has 0 atom stereocenters. The predicted octanol–water partition coefficient (Wildman–Crippen LogP) is 6.89. The van der Waals surface area contributed by atoms with Crippen molar-refractivity contribution in [2.24, 2.45) is 0 Å². The third-order valence-electron chi connectivity index (χ3n) is 5.09. The van der Waals surface area contributed by atoms with Crippen LogP contribution in [0.1, 0.15) is 36.5 Å². The van der Waals surface area contributed by atoms with Crippen molar-refractivity contribution >= 4 is 10.9 Å². The van der Waals surface area contributed by atoms with Gasteiger partial charge >= 0.3 is 6.18 Å². The Morgan fingerprint density at radius 2 is 1.55 bits per heavy atom. The maximum Gasteiger partial charge on any atom is 0.418 e. The van der Waals surface area contributed by atoms with Crippen LogP contribution in [0.2, 0.25) is 0 Å².